The molecule has 2 aromatic heterocycles. The molecule has 0 fully saturated rings. The van der Waals surface area contributed by atoms with Crippen molar-refractivity contribution < 1.29 is 28.7 Å². The number of carbonyl (C=O) groups is 4. The number of aryl methyl sites for hydroxylation is 2. The summed E-state index contributed by atoms with van der Waals surface area (Å²) < 4.78 is 12.4. The Morgan fingerprint density at radius 3 is 2.45 bits per heavy atom. The molecule has 0 unspecified atom stereocenters. The molecule has 1 aliphatic heterocycles. The van der Waals surface area contributed by atoms with Gasteiger partial charge in [-0.1, -0.05) is 35.6 Å². The zero-order valence-electron chi connectivity index (χ0n) is 31.9. The van der Waals surface area contributed by atoms with Crippen molar-refractivity contribution in [3.05, 3.63) is 91.8 Å². The molecule has 3 heterocycles. The number of hydrogen-bond donors (Lipinski definition) is 3. The summed E-state index contributed by atoms with van der Waals surface area (Å²) in [4.78, 5) is 57.1. The quantitative estimate of drug-likeness (QED) is 0.0851. The molecule has 288 valence electrons. The van der Waals surface area contributed by atoms with Crippen molar-refractivity contribution in [2.24, 2.45) is 4.99 Å². The number of aliphatic imine (C=N–C) groups is 1. The number of thiophene rings is 1. The molecule has 5 rings (SSSR count). The highest BCUT2D eigenvalue weighted by atomic mass is 35.5. The third-order valence-corrected chi connectivity index (χ3v) is 9.82. The number of anilines is 1. The Labute approximate surface area is 329 Å². The number of esters is 1. The van der Waals surface area contributed by atoms with Crippen molar-refractivity contribution in [1.82, 2.24) is 25.4 Å². The van der Waals surface area contributed by atoms with Crippen LogP contribution in [0.1, 0.15) is 102 Å². The highest BCUT2D eigenvalue weighted by molar-refractivity contribution is 7.15. The van der Waals surface area contributed by atoms with E-state index < -0.39 is 23.7 Å². The lowest BCUT2D eigenvalue weighted by Gasteiger charge is -2.19. The van der Waals surface area contributed by atoms with Crippen molar-refractivity contribution >= 4 is 58.2 Å². The predicted octanol–water partition coefficient (Wildman–Crippen LogP) is 6.78. The van der Waals surface area contributed by atoms with Crippen LogP contribution < -0.4 is 16.0 Å². The number of aromatic nitrogens is 3. The summed E-state index contributed by atoms with van der Waals surface area (Å²) in [5.41, 5.74) is 4.03. The molecule has 0 bridgehead atoms. The fourth-order valence-corrected chi connectivity index (χ4v) is 7.10. The number of halogens is 1. The Kier molecular flexibility index (Phi) is 13.1. The second-order valence-corrected chi connectivity index (χ2v) is 15.4. The molecule has 0 radical (unpaired) electrons. The third kappa shape index (κ3) is 10.4. The number of alkyl carbamates (subject to hydrolysis) is 1. The summed E-state index contributed by atoms with van der Waals surface area (Å²) >= 11 is 7.85. The van der Waals surface area contributed by atoms with Gasteiger partial charge in [-0.15, -0.1) is 21.5 Å². The van der Waals surface area contributed by atoms with Gasteiger partial charge in [0.25, 0.3) is 0 Å². The van der Waals surface area contributed by atoms with Gasteiger partial charge in [0.15, 0.2) is 5.82 Å². The highest BCUT2D eigenvalue weighted by Crippen LogP contribution is 2.39. The highest BCUT2D eigenvalue weighted by Gasteiger charge is 2.32. The summed E-state index contributed by atoms with van der Waals surface area (Å²) in [6.07, 6.45) is -0.0999. The lowest BCUT2D eigenvalue weighted by atomic mass is 9.99. The summed E-state index contributed by atoms with van der Waals surface area (Å²) in [6, 6.07) is 11.6. The summed E-state index contributed by atoms with van der Waals surface area (Å²) in [7, 11) is 0. The average molecular weight is 786 g/mol. The van der Waals surface area contributed by atoms with Gasteiger partial charge in [-0.25, -0.2) is 9.59 Å². The SMILES string of the molecule is CCOC(=O)c1ccc(NC(=O)CCCNC(=O)C[C@@H]2N=C(c3ccc(Cl)cc3)c3c(sc(C)c3C)-n3c(C)nnc32)cc1C#CCNC(=O)OC(C)(C)C. The van der Waals surface area contributed by atoms with Gasteiger partial charge in [0.1, 0.15) is 22.5 Å². The molecule has 3 N–H and O–H groups in total. The predicted molar refractivity (Wildman–Crippen MR) is 212 cm³/mol. The van der Waals surface area contributed by atoms with Crippen LogP contribution in [-0.2, 0) is 19.1 Å². The second-order valence-electron chi connectivity index (χ2n) is 13.7. The number of amides is 3. The number of nitrogens with one attached hydrogen (secondary N) is 3. The van der Waals surface area contributed by atoms with E-state index in [1.54, 1.807) is 51.2 Å². The van der Waals surface area contributed by atoms with Crippen LogP contribution >= 0.6 is 22.9 Å². The van der Waals surface area contributed by atoms with Crippen LogP contribution in [0.4, 0.5) is 10.5 Å². The molecule has 4 aromatic rings. The summed E-state index contributed by atoms with van der Waals surface area (Å²) in [6.45, 7) is 13.4. The number of hydrogen-bond acceptors (Lipinski definition) is 10. The van der Waals surface area contributed by atoms with Gasteiger partial charge >= 0.3 is 12.1 Å². The number of nitrogens with zero attached hydrogens (tertiary/aromatic N) is 4. The van der Waals surface area contributed by atoms with Crippen LogP contribution in [0.2, 0.25) is 5.02 Å². The lowest BCUT2D eigenvalue weighted by molar-refractivity contribution is -0.122. The molecule has 15 heteroatoms. The Morgan fingerprint density at radius 1 is 1.00 bits per heavy atom. The Morgan fingerprint density at radius 2 is 1.75 bits per heavy atom. The zero-order valence-corrected chi connectivity index (χ0v) is 33.5. The van der Waals surface area contributed by atoms with Gasteiger partial charge in [0.05, 0.1) is 30.8 Å². The minimum atomic E-state index is -0.656. The number of benzene rings is 2. The molecule has 1 atom stereocenters. The first-order chi connectivity index (χ1) is 26.1. The van der Waals surface area contributed by atoms with Crippen LogP contribution in [0.5, 0.6) is 0 Å². The van der Waals surface area contributed by atoms with E-state index in [9.17, 15) is 19.2 Å². The smallest absolute Gasteiger partial charge is 0.408 e. The van der Waals surface area contributed by atoms with E-state index in [0.29, 0.717) is 34.3 Å². The third-order valence-electron chi connectivity index (χ3n) is 8.38. The van der Waals surface area contributed by atoms with Crippen molar-refractivity contribution in [2.45, 2.75) is 79.4 Å². The number of ether oxygens (including phenoxy) is 2. The van der Waals surface area contributed by atoms with Crippen molar-refractivity contribution in [3.63, 3.8) is 0 Å². The molecule has 0 spiro atoms. The molecule has 2 aromatic carbocycles. The van der Waals surface area contributed by atoms with Crippen molar-refractivity contribution in [1.29, 1.82) is 0 Å². The van der Waals surface area contributed by atoms with E-state index in [0.717, 1.165) is 32.3 Å². The molecule has 3 amide bonds. The fourth-order valence-electron chi connectivity index (χ4n) is 5.76. The molecule has 0 saturated carbocycles. The van der Waals surface area contributed by atoms with E-state index in [1.165, 1.54) is 6.07 Å². The molecule has 55 heavy (non-hydrogen) atoms. The van der Waals surface area contributed by atoms with E-state index in [1.807, 2.05) is 35.8 Å². The topological polar surface area (TPSA) is 166 Å². The minimum Gasteiger partial charge on any atom is -0.462 e. The van der Waals surface area contributed by atoms with Crippen molar-refractivity contribution in [2.75, 3.05) is 25.0 Å². The van der Waals surface area contributed by atoms with Crippen LogP contribution in [-0.4, -0.2) is 69.7 Å². The molecular weight excluding hydrogens is 742 g/mol. The Balaban J connectivity index is 1.21. The van der Waals surface area contributed by atoms with Crippen LogP contribution in [0, 0.1) is 32.6 Å². The van der Waals surface area contributed by atoms with Crippen molar-refractivity contribution in [3.8, 4) is 16.8 Å². The monoisotopic (exact) mass is 785 g/mol. The molecule has 13 nitrogen and oxygen atoms in total. The first kappa shape index (κ1) is 40.7. The van der Waals surface area contributed by atoms with E-state index in [4.69, 9.17) is 26.1 Å². The summed E-state index contributed by atoms with van der Waals surface area (Å²) in [5, 5.41) is 18.7. The van der Waals surface area contributed by atoms with E-state index >= 15 is 0 Å². The zero-order chi connectivity index (χ0) is 39.9. The van der Waals surface area contributed by atoms with Crippen LogP contribution in [0.25, 0.3) is 5.00 Å². The number of fused-ring (bicyclic) bond motifs is 3. The largest absolute Gasteiger partial charge is 0.462 e. The maximum atomic E-state index is 13.3. The summed E-state index contributed by atoms with van der Waals surface area (Å²) in [5.74, 6) is 5.87. The minimum absolute atomic E-state index is 0.0232. The molecule has 0 aliphatic carbocycles. The maximum absolute atomic E-state index is 13.3. The fraction of sp³-hybridized carbons (Fsp3) is 0.375. The van der Waals surface area contributed by atoms with Gasteiger partial charge in [-0.3, -0.25) is 19.1 Å². The second kappa shape index (κ2) is 17.7. The first-order valence-corrected chi connectivity index (χ1v) is 19.0. The maximum Gasteiger partial charge on any atom is 0.408 e. The molecular formula is C40H44ClN7O6S. The van der Waals surface area contributed by atoms with Gasteiger partial charge < -0.3 is 25.4 Å². The first-order valence-electron chi connectivity index (χ1n) is 17.8. The normalized spacial score (nSPS) is 13.2. The Hall–Kier alpha value is -5.52. The molecule has 0 saturated heterocycles. The standard InChI is InChI=1S/C40H44ClN7O6S/c1-8-53-38(51)30-18-17-29(21-27(30)11-9-20-43-39(52)54-40(5,6)7)44-32(49)12-10-19-42-33(50)22-31-36-47-46-25(4)48(36)37-34(23(2)24(3)55-37)35(45-31)26-13-15-28(41)16-14-26/h13-18,21,31H,8,10,12,19-20,22H2,1-7H3,(H,42,50)(H,43,52)(H,44,49)/t31-/m0/s1. The molecule has 1 aliphatic rings. The van der Waals surface area contributed by atoms with Gasteiger partial charge in [0, 0.05) is 45.2 Å². The van der Waals surface area contributed by atoms with Gasteiger partial charge in [-0.05, 0) is 90.8 Å². The number of carbonyl (C=O) groups excluding carboxylic acids is 4. The van der Waals surface area contributed by atoms with Gasteiger partial charge in [-0.2, -0.15) is 0 Å². The van der Waals surface area contributed by atoms with Gasteiger partial charge in [0.2, 0.25) is 11.8 Å². The number of rotatable bonds is 11. The Bertz CT molecular complexity index is 2190. The van der Waals surface area contributed by atoms with Crippen LogP contribution in [0.15, 0.2) is 47.5 Å². The average Bonchev–Trinajstić information content (AvgIpc) is 3.60. The lowest BCUT2D eigenvalue weighted by Crippen LogP contribution is -2.32. The van der Waals surface area contributed by atoms with Crippen LogP contribution in [0.3, 0.4) is 0 Å². The van der Waals surface area contributed by atoms with E-state index in [2.05, 4.69) is 51.8 Å². The van der Waals surface area contributed by atoms with E-state index in [-0.39, 0.29) is 49.9 Å².